The zero-order chi connectivity index (χ0) is 9.97. The standard InChI is InChI=1S/C11H10ClNO/c1-14-7-8-2-3-9-10(12)4-5-13-11(9)6-8/h2-6H,7H2,1H3. The average molecular weight is 208 g/mol. The molecule has 2 rings (SSSR count). The van der Waals surface area contributed by atoms with Crippen molar-refractivity contribution in [1.29, 1.82) is 0 Å². The van der Waals surface area contributed by atoms with Crippen LogP contribution in [0.1, 0.15) is 5.56 Å². The second-order valence-corrected chi connectivity index (χ2v) is 3.48. The van der Waals surface area contributed by atoms with Crippen molar-refractivity contribution in [3.8, 4) is 0 Å². The van der Waals surface area contributed by atoms with Crippen LogP contribution in [0.4, 0.5) is 0 Å². The van der Waals surface area contributed by atoms with Gasteiger partial charge in [0, 0.05) is 18.7 Å². The minimum atomic E-state index is 0.601. The van der Waals surface area contributed by atoms with Crippen molar-refractivity contribution in [2.75, 3.05) is 7.11 Å². The van der Waals surface area contributed by atoms with E-state index in [1.54, 1.807) is 19.4 Å². The number of pyridine rings is 1. The largest absolute Gasteiger partial charge is 0.380 e. The fourth-order valence-electron chi connectivity index (χ4n) is 1.42. The maximum absolute atomic E-state index is 6.02. The Balaban J connectivity index is 2.56. The topological polar surface area (TPSA) is 22.1 Å². The van der Waals surface area contributed by atoms with Crippen molar-refractivity contribution >= 4 is 22.5 Å². The highest BCUT2D eigenvalue weighted by atomic mass is 35.5. The SMILES string of the molecule is COCc1ccc2c(Cl)ccnc2c1. The highest BCUT2D eigenvalue weighted by Gasteiger charge is 2.00. The van der Waals surface area contributed by atoms with Gasteiger partial charge in [-0.1, -0.05) is 23.7 Å². The third-order valence-corrected chi connectivity index (χ3v) is 2.39. The molecule has 1 aromatic heterocycles. The number of aromatic nitrogens is 1. The molecule has 0 unspecified atom stereocenters. The van der Waals surface area contributed by atoms with Crippen LogP contribution in [-0.4, -0.2) is 12.1 Å². The number of methoxy groups -OCH3 is 1. The van der Waals surface area contributed by atoms with Gasteiger partial charge in [-0.3, -0.25) is 4.98 Å². The molecule has 14 heavy (non-hydrogen) atoms. The third kappa shape index (κ3) is 1.72. The number of halogens is 1. The lowest BCUT2D eigenvalue weighted by atomic mass is 10.1. The molecule has 1 heterocycles. The van der Waals surface area contributed by atoms with Gasteiger partial charge in [0.2, 0.25) is 0 Å². The molecule has 3 heteroatoms. The van der Waals surface area contributed by atoms with E-state index in [0.29, 0.717) is 6.61 Å². The molecule has 0 atom stereocenters. The molecule has 0 aliphatic carbocycles. The van der Waals surface area contributed by atoms with E-state index >= 15 is 0 Å². The molecular weight excluding hydrogens is 198 g/mol. The van der Waals surface area contributed by atoms with Gasteiger partial charge in [-0.25, -0.2) is 0 Å². The Morgan fingerprint density at radius 1 is 1.36 bits per heavy atom. The summed E-state index contributed by atoms with van der Waals surface area (Å²) in [5.41, 5.74) is 2.02. The lowest BCUT2D eigenvalue weighted by Crippen LogP contribution is -1.88. The predicted octanol–water partition coefficient (Wildman–Crippen LogP) is 3.03. The number of hydrogen-bond donors (Lipinski definition) is 0. The maximum atomic E-state index is 6.02. The number of benzene rings is 1. The summed E-state index contributed by atoms with van der Waals surface area (Å²) in [5.74, 6) is 0. The van der Waals surface area contributed by atoms with Crippen LogP contribution in [0.2, 0.25) is 5.02 Å². The van der Waals surface area contributed by atoms with Gasteiger partial charge in [0.15, 0.2) is 0 Å². The van der Waals surface area contributed by atoms with Gasteiger partial charge in [0.25, 0.3) is 0 Å². The van der Waals surface area contributed by atoms with Gasteiger partial charge in [0.05, 0.1) is 17.1 Å². The number of ether oxygens (including phenoxy) is 1. The zero-order valence-electron chi connectivity index (χ0n) is 7.83. The van der Waals surface area contributed by atoms with E-state index in [1.165, 1.54) is 0 Å². The first-order chi connectivity index (χ1) is 6.81. The van der Waals surface area contributed by atoms with Gasteiger partial charge in [-0.05, 0) is 17.7 Å². The Hall–Kier alpha value is -1.12. The molecule has 0 saturated heterocycles. The van der Waals surface area contributed by atoms with E-state index < -0.39 is 0 Å². The van der Waals surface area contributed by atoms with E-state index in [2.05, 4.69) is 4.98 Å². The van der Waals surface area contributed by atoms with Crippen molar-refractivity contribution < 1.29 is 4.74 Å². The molecule has 2 nitrogen and oxygen atoms in total. The fraction of sp³-hybridized carbons (Fsp3) is 0.182. The summed E-state index contributed by atoms with van der Waals surface area (Å²) >= 11 is 6.02. The Labute approximate surface area is 87.5 Å². The average Bonchev–Trinajstić information content (AvgIpc) is 2.18. The summed E-state index contributed by atoms with van der Waals surface area (Å²) in [4.78, 5) is 4.24. The summed E-state index contributed by atoms with van der Waals surface area (Å²) in [6.07, 6.45) is 1.71. The minimum Gasteiger partial charge on any atom is -0.380 e. The maximum Gasteiger partial charge on any atom is 0.0720 e. The van der Waals surface area contributed by atoms with E-state index in [4.69, 9.17) is 16.3 Å². The second-order valence-electron chi connectivity index (χ2n) is 3.08. The van der Waals surface area contributed by atoms with Crippen molar-refractivity contribution in [1.82, 2.24) is 4.98 Å². The van der Waals surface area contributed by atoms with Crippen molar-refractivity contribution in [2.24, 2.45) is 0 Å². The fourth-order valence-corrected chi connectivity index (χ4v) is 1.63. The van der Waals surface area contributed by atoms with E-state index in [9.17, 15) is 0 Å². The summed E-state index contributed by atoms with van der Waals surface area (Å²) < 4.78 is 5.05. The number of fused-ring (bicyclic) bond motifs is 1. The van der Waals surface area contributed by atoms with Crippen LogP contribution >= 0.6 is 11.6 Å². The molecule has 0 N–H and O–H groups in total. The van der Waals surface area contributed by atoms with Crippen LogP contribution in [0.5, 0.6) is 0 Å². The minimum absolute atomic E-state index is 0.601. The first kappa shape index (κ1) is 9.44. The molecule has 0 amide bonds. The molecule has 0 bridgehead atoms. The highest BCUT2D eigenvalue weighted by Crippen LogP contribution is 2.22. The van der Waals surface area contributed by atoms with Crippen molar-refractivity contribution in [3.05, 3.63) is 41.0 Å². The van der Waals surface area contributed by atoms with E-state index in [0.717, 1.165) is 21.5 Å². The first-order valence-corrected chi connectivity index (χ1v) is 4.71. The molecule has 2 aromatic rings. The molecule has 1 aromatic carbocycles. The predicted molar refractivity (Wildman–Crippen MR) is 57.5 cm³/mol. The van der Waals surface area contributed by atoms with Gasteiger partial charge in [-0.2, -0.15) is 0 Å². The molecule has 0 fully saturated rings. The third-order valence-electron chi connectivity index (χ3n) is 2.06. The van der Waals surface area contributed by atoms with Gasteiger partial charge < -0.3 is 4.74 Å². The molecule has 0 spiro atoms. The summed E-state index contributed by atoms with van der Waals surface area (Å²) in [5, 5.41) is 1.72. The van der Waals surface area contributed by atoms with Crippen LogP contribution < -0.4 is 0 Å². The van der Waals surface area contributed by atoms with Crippen LogP contribution in [-0.2, 0) is 11.3 Å². The number of hydrogen-bond acceptors (Lipinski definition) is 2. The Bertz CT molecular complexity index is 456. The Kier molecular flexibility index (Phi) is 2.66. The summed E-state index contributed by atoms with van der Waals surface area (Å²) in [6, 6.07) is 7.75. The molecule has 72 valence electrons. The van der Waals surface area contributed by atoms with Crippen LogP contribution in [0.15, 0.2) is 30.5 Å². The first-order valence-electron chi connectivity index (χ1n) is 4.33. The normalized spacial score (nSPS) is 10.7. The quantitative estimate of drug-likeness (QED) is 0.755. The Morgan fingerprint density at radius 2 is 2.21 bits per heavy atom. The smallest absolute Gasteiger partial charge is 0.0720 e. The summed E-state index contributed by atoms with van der Waals surface area (Å²) in [7, 11) is 1.68. The lowest BCUT2D eigenvalue weighted by Gasteiger charge is -2.02. The van der Waals surface area contributed by atoms with E-state index in [-0.39, 0.29) is 0 Å². The van der Waals surface area contributed by atoms with Crippen LogP contribution in [0, 0.1) is 0 Å². The zero-order valence-corrected chi connectivity index (χ0v) is 8.58. The molecule has 0 saturated carbocycles. The molecule has 0 aliphatic rings. The molecule has 0 aliphatic heterocycles. The van der Waals surface area contributed by atoms with E-state index in [1.807, 2.05) is 18.2 Å². The monoisotopic (exact) mass is 207 g/mol. The Morgan fingerprint density at radius 3 is 3.00 bits per heavy atom. The lowest BCUT2D eigenvalue weighted by molar-refractivity contribution is 0.185. The van der Waals surface area contributed by atoms with Gasteiger partial charge in [-0.15, -0.1) is 0 Å². The highest BCUT2D eigenvalue weighted by molar-refractivity contribution is 6.35. The van der Waals surface area contributed by atoms with Gasteiger partial charge >= 0.3 is 0 Å². The van der Waals surface area contributed by atoms with Gasteiger partial charge in [0.1, 0.15) is 0 Å². The summed E-state index contributed by atoms with van der Waals surface area (Å²) in [6.45, 7) is 0.601. The van der Waals surface area contributed by atoms with Crippen LogP contribution in [0.3, 0.4) is 0 Å². The molecule has 0 radical (unpaired) electrons. The number of rotatable bonds is 2. The second kappa shape index (κ2) is 3.95. The molecular formula is C11H10ClNO. The number of nitrogens with zero attached hydrogens (tertiary/aromatic N) is 1. The van der Waals surface area contributed by atoms with Crippen molar-refractivity contribution in [3.63, 3.8) is 0 Å². The van der Waals surface area contributed by atoms with Crippen molar-refractivity contribution in [2.45, 2.75) is 6.61 Å². The van der Waals surface area contributed by atoms with Crippen LogP contribution in [0.25, 0.3) is 10.9 Å².